The second kappa shape index (κ2) is 17.0. The fraction of sp³-hybridized carbons (Fsp3) is 0.405. The molecule has 0 aromatic heterocycles. The van der Waals surface area contributed by atoms with Crippen molar-refractivity contribution in [3.05, 3.63) is 95.6 Å². The molecule has 0 unspecified atom stereocenters. The molecule has 0 radical (unpaired) electrons. The molecule has 3 aromatic rings. The van der Waals surface area contributed by atoms with Crippen LogP contribution in [0.5, 0.6) is 0 Å². The third kappa shape index (κ3) is 9.73. The predicted octanol–water partition coefficient (Wildman–Crippen LogP) is 6.75. The van der Waals surface area contributed by atoms with Gasteiger partial charge in [0.1, 0.15) is 13.2 Å². The molecular weight excluding hydrogens is 597 g/mol. The fourth-order valence-electron chi connectivity index (χ4n) is 5.77. The number of Topliss-reactive ketones (excluding diaryl/α,β-unsaturated/α-hetero) is 1. The van der Waals surface area contributed by atoms with Gasteiger partial charge >= 0.3 is 12.1 Å². The van der Waals surface area contributed by atoms with Crippen molar-refractivity contribution in [3.63, 3.8) is 0 Å². The summed E-state index contributed by atoms with van der Waals surface area (Å²) >= 11 is 0. The molecule has 0 spiro atoms. The van der Waals surface area contributed by atoms with Gasteiger partial charge in [0.15, 0.2) is 5.78 Å². The van der Waals surface area contributed by atoms with Crippen LogP contribution in [0.15, 0.2) is 83.9 Å². The van der Waals surface area contributed by atoms with Gasteiger partial charge in [-0.1, -0.05) is 92.7 Å². The number of aliphatic imine (C=N–C) groups is 1. The molecule has 1 aliphatic rings. The molecular formula is C37H46N3O5P. The highest BCUT2D eigenvalue weighted by Gasteiger charge is 2.32. The lowest BCUT2D eigenvalue weighted by atomic mass is 9.88. The highest BCUT2D eigenvalue weighted by molar-refractivity contribution is 7.57. The Morgan fingerprint density at radius 3 is 2.11 bits per heavy atom. The summed E-state index contributed by atoms with van der Waals surface area (Å²) in [6.45, 7) is 8.78. The summed E-state index contributed by atoms with van der Waals surface area (Å²) in [6.07, 6.45) is 0.921. The maximum absolute atomic E-state index is 13.7. The number of ether oxygens (including phenoxy) is 2. The van der Waals surface area contributed by atoms with Crippen LogP contribution in [-0.4, -0.2) is 62.4 Å². The van der Waals surface area contributed by atoms with E-state index in [1.807, 2.05) is 68.4 Å². The van der Waals surface area contributed by atoms with Crippen LogP contribution in [-0.2, 0) is 25.7 Å². The third-order valence-corrected chi connectivity index (χ3v) is 9.18. The van der Waals surface area contributed by atoms with Crippen molar-refractivity contribution in [2.24, 2.45) is 22.6 Å². The van der Waals surface area contributed by atoms with E-state index < -0.39 is 24.0 Å². The second-order valence-electron chi connectivity index (χ2n) is 12.4. The Balaban J connectivity index is 1.41. The number of ketones is 1. The van der Waals surface area contributed by atoms with E-state index in [-0.39, 0.29) is 45.2 Å². The molecule has 0 bridgehead atoms. The number of alkyl carbamates (subject to hydrolysis) is 1. The number of nitrogens with two attached hydrogens (primary N) is 1. The molecule has 46 heavy (non-hydrogen) atoms. The zero-order valence-corrected chi connectivity index (χ0v) is 28.2. The van der Waals surface area contributed by atoms with Gasteiger partial charge in [0.05, 0.1) is 17.8 Å². The fourth-order valence-corrected chi connectivity index (χ4v) is 6.52. The number of carbonyl (C=O) groups excluding carboxylic acids is 3. The number of fused-ring (bicyclic) bond motifs is 3. The lowest BCUT2D eigenvalue weighted by Crippen LogP contribution is -2.43. The number of hydrogen-bond donors (Lipinski definition) is 2. The van der Waals surface area contributed by atoms with Gasteiger partial charge in [-0.2, -0.15) is 0 Å². The largest absolute Gasteiger partial charge is 0.461 e. The molecule has 4 rings (SSSR count). The first-order chi connectivity index (χ1) is 22.1. The molecule has 3 N–H and O–H groups in total. The predicted molar refractivity (Wildman–Crippen MR) is 186 cm³/mol. The van der Waals surface area contributed by atoms with Crippen molar-refractivity contribution in [1.82, 2.24) is 5.32 Å². The molecule has 244 valence electrons. The monoisotopic (exact) mass is 643 g/mol. The molecule has 8 nitrogen and oxygen atoms in total. The van der Waals surface area contributed by atoms with Crippen LogP contribution in [0.25, 0.3) is 11.1 Å². The van der Waals surface area contributed by atoms with Crippen LogP contribution in [0.1, 0.15) is 55.7 Å². The number of esters is 1. The third-order valence-electron chi connectivity index (χ3n) is 8.22. The summed E-state index contributed by atoms with van der Waals surface area (Å²) < 4.78 is 11.3. The van der Waals surface area contributed by atoms with Crippen molar-refractivity contribution in [2.45, 2.75) is 51.7 Å². The van der Waals surface area contributed by atoms with Gasteiger partial charge in [-0.25, -0.2) is 4.79 Å². The van der Waals surface area contributed by atoms with Crippen molar-refractivity contribution in [3.8, 4) is 11.1 Å². The standard InChI is InChI=1S/C37H46N3O5P/c1-25(2)31(36(42)44-22-26-13-6-5-7-14-26)21-34(41)33(19-12-20-39-35(38)24-46(3)4)40-37(43)45-23-32-29-17-10-8-15-27(29)28-16-9-11-18-30(28)32/h5-11,13-18,25,31-33H,12,19-24H2,1-4H3,(H2,38,39)(H,40,43)/t31-,33+/m0/s1. The smallest absolute Gasteiger partial charge is 0.407 e. The van der Waals surface area contributed by atoms with E-state index >= 15 is 0 Å². The van der Waals surface area contributed by atoms with E-state index in [1.54, 1.807) is 0 Å². The van der Waals surface area contributed by atoms with Crippen molar-refractivity contribution < 1.29 is 23.9 Å². The highest BCUT2D eigenvalue weighted by Crippen LogP contribution is 2.44. The summed E-state index contributed by atoms with van der Waals surface area (Å²) in [5.41, 5.74) is 11.4. The van der Waals surface area contributed by atoms with Crippen LogP contribution in [0.4, 0.5) is 4.79 Å². The van der Waals surface area contributed by atoms with Crippen LogP contribution >= 0.6 is 7.92 Å². The zero-order valence-electron chi connectivity index (χ0n) is 27.3. The lowest BCUT2D eigenvalue weighted by Gasteiger charge is -2.23. The molecule has 0 saturated carbocycles. The average Bonchev–Trinajstić information content (AvgIpc) is 3.36. The van der Waals surface area contributed by atoms with Gasteiger partial charge in [-0.15, -0.1) is 7.92 Å². The Morgan fingerprint density at radius 1 is 0.891 bits per heavy atom. The number of carbonyl (C=O) groups is 3. The number of nitrogens with zero attached hydrogens (tertiary/aromatic N) is 1. The second-order valence-corrected chi connectivity index (χ2v) is 14.9. The minimum Gasteiger partial charge on any atom is -0.461 e. The van der Waals surface area contributed by atoms with Gasteiger partial charge in [-0.05, 0) is 59.9 Å². The summed E-state index contributed by atoms with van der Waals surface area (Å²) in [5, 5.41) is 2.81. The van der Waals surface area contributed by atoms with E-state index in [9.17, 15) is 14.4 Å². The van der Waals surface area contributed by atoms with Crippen molar-refractivity contribution in [1.29, 1.82) is 0 Å². The molecule has 1 aliphatic carbocycles. The van der Waals surface area contributed by atoms with Gasteiger partial charge in [0, 0.05) is 25.0 Å². The highest BCUT2D eigenvalue weighted by atomic mass is 31.1. The topological polar surface area (TPSA) is 120 Å². The molecule has 2 atom stereocenters. The van der Waals surface area contributed by atoms with Gasteiger partial charge in [-0.3, -0.25) is 14.6 Å². The first-order valence-electron chi connectivity index (χ1n) is 15.9. The van der Waals surface area contributed by atoms with E-state index in [0.29, 0.717) is 25.2 Å². The minimum atomic E-state index is -0.843. The number of benzene rings is 3. The molecule has 0 heterocycles. The Morgan fingerprint density at radius 2 is 1.50 bits per heavy atom. The molecule has 0 saturated heterocycles. The lowest BCUT2D eigenvalue weighted by molar-refractivity contribution is -0.153. The molecule has 3 aromatic carbocycles. The number of nitrogens with one attached hydrogen (secondary N) is 1. The number of hydrogen-bond acceptors (Lipinski definition) is 6. The number of amidine groups is 1. The van der Waals surface area contributed by atoms with Gasteiger partial charge < -0.3 is 20.5 Å². The Bertz CT molecular complexity index is 1460. The number of rotatable bonds is 16. The van der Waals surface area contributed by atoms with E-state index in [0.717, 1.165) is 34.0 Å². The first-order valence-corrected chi connectivity index (χ1v) is 18.3. The molecule has 9 heteroatoms. The van der Waals surface area contributed by atoms with Gasteiger partial charge in [0.25, 0.3) is 0 Å². The molecule has 1 amide bonds. The maximum Gasteiger partial charge on any atom is 0.407 e. The Hall–Kier alpha value is -4.03. The summed E-state index contributed by atoms with van der Waals surface area (Å²) in [6, 6.07) is 24.8. The zero-order chi connectivity index (χ0) is 33.1. The summed E-state index contributed by atoms with van der Waals surface area (Å²) in [7, 11) is -0.204. The van der Waals surface area contributed by atoms with Crippen molar-refractivity contribution >= 4 is 31.6 Å². The number of amides is 1. The minimum absolute atomic E-state index is 0.0546. The van der Waals surface area contributed by atoms with Crippen LogP contribution in [0.2, 0.25) is 0 Å². The molecule has 0 fully saturated rings. The normalized spacial score (nSPS) is 14.0. The SMILES string of the molecule is CC(C)[C@H](CC(=O)[C@@H](CCCN=C(N)CP(C)C)NC(=O)OCC1c2ccccc2-c2ccccc21)C(=O)OCc1ccccc1. The Kier molecular flexibility index (Phi) is 12.9. The van der Waals surface area contributed by atoms with Crippen molar-refractivity contribution in [2.75, 3.05) is 32.6 Å². The summed E-state index contributed by atoms with van der Waals surface area (Å²) in [4.78, 5) is 44.4. The van der Waals surface area contributed by atoms with Crippen LogP contribution < -0.4 is 11.1 Å². The van der Waals surface area contributed by atoms with Crippen LogP contribution in [0.3, 0.4) is 0 Å². The quantitative estimate of drug-likeness (QED) is 0.0586. The first kappa shape index (κ1) is 34.8. The van der Waals surface area contributed by atoms with E-state index in [4.69, 9.17) is 15.2 Å². The van der Waals surface area contributed by atoms with E-state index in [1.165, 1.54) is 0 Å². The molecule has 0 aliphatic heterocycles. The van der Waals surface area contributed by atoms with E-state index in [2.05, 4.69) is 47.9 Å². The summed E-state index contributed by atoms with van der Waals surface area (Å²) in [5.74, 6) is -0.956. The van der Waals surface area contributed by atoms with Crippen LogP contribution in [0, 0.1) is 11.8 Å². The Labute approximate surface area is 273 Å². The maximum atomic E-state index is 13.7. The average molecular weight is 644 g/mol. The van der Waals surface area contributed by atoms with Gasteiger partial charge in [0.2, 0.25) is 0 Å².